The molecular formula is C24H27N3OS. The Balaban J connectivity index is 1.39. The van der Waals surface area contributed by atoms with Crippen LogP contribution in [0.15, 0.2) is 47.8 Å². The van der Waals surface area contributed by atoms with Crippen molar-refractivity contribution < 1.29 is 4.79 Å². The largest absolute Gasteiger partial charge is 0.368 e. The summed E-state index contributed by atoms with van der Waals surface area (Å²) in [6.07, 6.45) is 2.01. The SMILES string of the molecule is Cc1ccc(N2CC(N(C)C)C2)cc1C(=O)NC1(c2cccc3ccsc23)CC1. The van der Waals surface area contributed by atoms with Gasteiger partial charge >= 0.3 is 0 Å². The maximum atomic E-state index is 13.3. The van der Waals surface area contributed by atoms with Crippen molar-refractivity contribution in [3.8, 4) is 0 Å². The lowest BCUT2D eigenvalue weighted by Crippen LogP contribution is -2.57. The lowest BCUT2D eigenvalue weighted by Gasteiger charge is -2.44. The predicted octanol–water partition coefficient (Wildman–Crippen LogP) is 4.38. The van der Waals surface area contributed by atoms with E-state index in [0.29, 0.717) is 6.04 Å². The molecule has 0 unspecified atom stereocenters. The van der Waals surface area contributed by atoms with Gasteiger partial charge < -0.3 is 15.1 Å². The zero-order valence-electron chi connectivity index (χ0n) is 17.2. The van der Waals surface area contributed by atoms with Gasteiger partial charge in [0.05, 0.1) is 5.54 Å². The summed E-state index contributed by atoms with van der Waals surface area (Å²) in [5.74, 6) is 0.0418. The Morgan fingerprint density at radius 2 is 1.97 bits per heavy atom. The summed E-state index contributed by atoms with van der Waals surface area (Å²) in [4.78, 5) is 17.9. The number of hydrogen-bond acceptors (Lipinski definition) is 4. The minimum Gasteiger partial charge on any atom is -0.368 e. The number of benzene rings is 2. The normalized spacial score (nSPS) is 18.1. The summed E-state index contributed by atoms with van der Waals surface area (Å²) < 4.78 is 1.30. The fraction of sp³-hybridized carbons (Fsp3) is 0.375. The van der Waals surface area contributed by atoms with Gasteiger partial charge in [0, 0.05) is 35.1 Å². The first-order valence-corrected chi connectivity index (χ1v) is 11.2. The molecule has 1 saturated heterocycles. The first-order chi connectivity index (χ1) is 14.0. The van der Waals surface area contributed by atoms with E-state index in [1.165, 1.54) is 15.6 Å². The quantitative estimate of drug-likeness (QED) is 0.684. The van der Waals surface area contributed by atoms with Crippen molar-refractivity contribution in [2.24, 2.45) is 0 Å². The number of nitrogens with one attached hydrogen (secondary N) is 1. The number of carbonyl (C=O) groups is 1. The summed E-state index contributed by atoms with van der Waals surface area (Å²) in [5.41, 5.74) is 4.02. The standard InChI is InChI=1S/C24H27N3OS/c1-16-7-8-18(27-14-19(15-27)26(2)3)13-20(16)23(28)25-24(10-11-24)21-6-4-5-17-9-12-29-22(17)21/h4-9,12-13,19H,10-11,14-15H2,1-3H3,(H,25,28). The first-order valence-electron chi connectivity index (χ1n) is 10.3. The number of hydrogen-bond donors (Lipinski definition) is 1. The van der Waals surface area contributed by atoms with Crippen molar-refractivity contribution in [1.82, 2.24) is 10.2 Å². The third kappa shape index (κ3) is 3.22. The molecule has 1 aromatic heterocycles. The summed E-state index contributed by atoms with van der Waals surface area (Å²) in [6.45, 7) is 4.06. The van der Waals surface area contributed by atoms with Crippen LogP contribution in [0.25, 0.3) is 10.1 Å². The fourth-order valence-electron chi connectivity index (χ4n) is 4.29. The number of aryl methyl sites for hydroxylation is 1. The van der Waals surface area contributed by atoms with E-state index < -0.39 is 0 Å². The van der Waals surface area contributed by atoms with Crippen molar-refractivity contribution in [1.29, 1.82) is 0 Å². The third-order valence-electron chi connectivity index (χ3n) is 6.52. The van der Waals surface area contributed by atoms with E-state index in [1.54, 1.807) is 11.3 Å². The maximum absolute atomic E-state index is 13.3. The lowest BCUT2D eigenvalue weighted by atomic mass is 10.00. The van der Waals surface area contributed by atoms with Gasteiger partial charge in [-0.15, -0.1) is 11.3 Å². The highest BCUT2D eigenvalue weighted by Crippen LogP contribution is 2.49. The molecule has 150 valence electrons. The van der Waals surface area contributed by atoms with Gasteiger partial charge in [0.1, 0.15) is 0 Å². The number of amides is 1. The zero-order chi connectivity index (χ0) is 20.2. The molecule has 3 aromatic rings. The van der Waals surface area contributed by atoms with Crippen LogP contribution in [0.5, 0.6) is 0 Å². The molecule has 1 aliphatic carbocycles. The smallest absolute Gasteiger partial charge is 0.252 e. The van der Waals surface area contributed by atoms with Crippen molar-refractivity contribution in [3.05, 3.63) is 64.5 Å². The van der Waals surface area contributed by atoms with Gasteiger partial charge in [0.15, 0.2) is 0 Å². The van der Waals surface area contributed by atoms with E-state index >= 15 is 0 Å². The molecule has 0 atom stereocenters. The minimum absolute atomic E-state index is 0.0418. The Morgan fingerprint density at radius 3 is 2.69 bits per heavy atom. The van der Waals surface area contributed by atoms with Gasteiger partial charge in [-0.3, -0.25) is 4.79 Å². The van der Waals surface area contributed by atoms with Crippen molar-refractivity contribution in [3.63, 3.8) is 0 Å². The average Bonchev–Trinajstić information content (AvgIpc) is 3.26. The number of nitrogens with zero attached hydrogens (tertiary/aromatic N) is 2. The van der Waals surface area contributed by atoms with Crippen LogP contribution in [0.4, 0.5) is 5.69 Å². The van der Waals surface area contributed by atoms with E-state index in [1.807, 2.05) is 6.92 Å². The lowest BCUT2D eigenvalue weighted by molar-refractivity contribution is 0.0930. The molecule has 4 nitrogen and oxygen atoms in total. The Hall–Kier alpha value is -2.37. The van der Waals surface area contributed by atoms with Crippen LogP contribution in [0.3, 0.4) is 0 Å². The second-order valence-corrected chi connectivity index (χ2v) is 9.62. The summed E-state index contributed by atoms with van der Waals surface area (Å²) in [6, 6.07) is 15.5. The highest BCUT2D eigenvalue weighted by atomic mass is 32.1. The number of likely N-dealkylation sites (N-methyl/N-ethyl adjacent to an activating group) is 1. The molecule has 2 fully saturated rings. The molecule has 1 amide bonds. The van der Waals surface area contributed by atoms with Gasteiger partial charge in [-0.2, -0.15) is 0 Å². The Morgan fingerprint density at radius 1 is 1.17 bits per heavy atom. The monoisotopic (exact) mass is 405 g/mol. The molecule has 2 aromatic carbocycles. The van der Waals surface area contributed by atoms with Crippen LogP contribution in [-0.4, -0.2) is 44.0 Å². The van der Waals surface area contributed by atoms with Crippen LogP contribution < -0.4 is 10.2 Å². The highest BCUT2D eigenvalue weighted by Gasteiger charge is 2.47. The van der Waals surface area contributed by atoms with E-state index in [2.05, 4.69) is 77.1 Å². The maximum Gasteiger partial charge on any atom is 0.252 e. The van der Waals surface area contributed by atoms with Crippen LogP contribution in [-0.2, 0) is 5.54 Å². The Labute approximate surface area is 176 Å². The van der Waals surface area contributed by atoms with Crippen molar-refractivity contribution >= 4 is 33.0 Å². The highest BCUT2D eigenvalue weighted by molar-refractivity contribution is 7.17. The van der Waals surface area contributed by atoms with Crippen LogP contribution >= 0.6 is 11.3 Å². The molecule has 1 saturated carbocycles. The molecule has 1 aliphatic heterocycles. The summed E-state index contributed by atoms with van der Waals surface area (Å²) in [5, 5.41) is 6.79. The van der Waals surface area contributed by atoms with Crippen molar-refractivity contribution in [2.75, 3.05) is 32.1 Å². The fourth-order valence-corrected chi connectivity index (χ4v) is 5.30. The van der Waals surface area contributed by atoms with Gasteiger partial charge in [0.2, 0.25) is 0 Å². The van der Waals surface area contributed by atoms with Gasteiger partial charge in [-0.1, -0.05) is 24.3 Å². The topological polar surface area (TPSA) is 35.6 Å². The molecule has 0 radical (unpaired) electrons. The van der Waals surface area contributed by atoms with Crippen molar-refractivity contribution in [2.45, 2.75) is 31.3 Å². The second kappa shape index (κ2) is 6.85. The van der Waals surface area contributed by atoms with Gasteiger partial charge in [-0.05, 0) is 74.0 Å². The van der Waals surface area contributed by atoms with E-state index in [-0.39, 0.29) is 11.4 Å². The minimum atomic E-state index is -0.212. The molecule has 0 bridgehead atoms. The van der Waals surface area contributed by atoms with Crippen LogP contribution in [0.2, 0.25) is 0 Å². The molecule has 1 N–H and O–H groups in total. The molecule has 2 aliphatic rings. The molecule has 2 heterocycles. The molecule has 0 spiro atoms. The van der Waals surface area contributed by atoms with Gasteiger partial charge in [-0.25, -0.2) is 0 Å². The number of rotatable bonds is 5. The third-order valence-corrected chi connectivity index (χ3v) is 7.48. The molecule has 5 rings (SSSR count). The number of carbonyl (C=O) groups excluding carboxylic acids is 1. The zero-order valence-corrected chi connectivity index (χ0v) is 18.1. The molecular weight excluding hydrogens is 378 g/mol. The van der Waals surface area contributed by atoms with Crippen LogP contribution in [0.1, 0.15) is 34.3 Å². The predicted molar refractivity (Wildman–Crippen MR) is 121 cm³/mol. The molecule has 5 heteroatoms. The van der Waals surface area contributed by atoms with E-state index in [0.717, 1.165) is 42.7 Å². The molecule has 29 heavy (non-hydrogen) atoms. The Kier molecular flexibility index (Phi) is 4.41. The number of thiophene rings is 1. The van der Waals surface area contributed by atoms with Crippen LogP contribution in [0, 0.1) is 6.92 Å². The average molecular weight is 406 g/mol. The van der Waals surface area contributed by atoms with E-state index in [4.69, 9.17) is 0 Å². The summed E-state index contributed by atoms with van der Waals surface area (Å²) >= 11 is 1.76. The number of fused-ring (bicyclic) bond motifs is 1. The Bertz CT molecular complexity index is 1080. The second-order valence-electron chi connectivity index (χ2n) is 8.70. The van der Waals surface area contributed by atoms with Gasteiger partial charge in [0.25, 0.3) is 5.91 Å². The van der Waals surface area contributed by atoms with E-state index in [9.17, 15) is 4.79 Å². The summed E-state index contributed by atoms with van der Waals surface area (Å²) in [7, 11) is 4.25. The first kappa shape index (κ1) is 18.6. The number of anilines is 1.